The van der Waals surface area contributed by atoms with Crippen LogP contribution in [0, 0.1) is 5.92 Å². The smallest absolute Gasteiger partial charge is 0.260 e. The third-order valence-electron chi connectivity index (χ3n) is 6.78. The molecule has 0 saturated heterocycles. The van der Waals surface area contributed by atoms with E-state index in [0.717, 1.165) is 30.6 Å². The monoisotopic (exact) mass is 429 g/mol. The lowest BCUT2D eigenvalue weighted by molar-refractivity contribution is 0.253. The molecule has 1 saturated carbocycles. The Morgan fingerprint density at radius 3 is 2.34 bits per heavy atom. The molecule has 0 unspecified atom stereocenters. The largest absolute Gasteiger partial charge is 0.497 e. The summed E-state index contributed by atoms with van der Waals surface area (Å²) in [5.41, 5.74) is 2.04. The zero-order valence-electron chi connectivity index (χ0n) is 18.5. The molecule has 3 aromatic heterocycles. The SMILES string of the molecule is COc1ccc(Cn2ccc3nc4ccn([C@@H]5CCCC[C@@H]5C)c(=O)c4cc3c2=O)cc1. The molecule has 32 heavy (non-hydrogen) atoms. The first-order valence-electron chi connectivity index (χ1n) is 11.2. The van der Waals surface area contributed by atoms with Gasteiger partial charge in [-0.25, -0.2) is 4.98 Å². The van der Waals surface area contributed by atoms with E-state index in [1.807, 2.05) is 47.2 Å². The fourth-order valence-corrected chi connectivity index (χ4v) is 4.90. The lowest BCUT2D eigenvalue weighted by atomic mass is 9.85. The summed E-state index contributed by atoms with van der Waals surface area (Å²) < 4.78 is 8.72. The highest BCUT2D eigenvalue weighted by Gasteiger charge is 2.24. The number of fused-ring (bicyclic) bond motifs is 2. The normalized spacial score (nSPS) is 18.8. The summed E-state index contributed by atoms with van der Waals surface area (Å²) in [6, 6.07) is 13.3. The molecule has 1 aromatic carbocycles. The van der Waals surface area contributed by atoms with E-state index in [2.05, 4.69) is 11.9 Å². The third-order valence-corrected chi connectivity index (χ3v) is 6.78. The van der Waals surface area contributed by atoms with Gasteiger partial charge in [-0.15, -0.1) is 0 Å². The highest BCUT2D eigenvalue weighted by molar-refractivity contribution is 5.91. The number of pyridine rings is 3. The van der Waals surface area contributed by atoms with Crippen molar-refractivity contribution in [3.63, 3.8) is 0 Å². The van der Waals surface area contributed by atoms with Crippen LogP contribution in [0.5, 0.6) is 5.75 Å². The minimum atomic E-state index is -0.145. The molecule has 0 spiro atoms. The molecule has 2 atom stereocenters. The van der Waals surface area contributed by atoms with Crippen LogP contribution in [0.2, 0.25) is 0 Å². The van der Waals surface area contributed by atoms with Gasteiger partial charge in [0.05, 0.1) is 35.5 Å². The van der Waals surface area contributed by atoms with Crippen molar-refractivity contribution in [2.75, 3.05) is 7.11 Å². The first kappa shape index (κ1) is 20.5. The number of hydrogen-bond acceptors (Lipinski definition) is 4. The van der Waals surface area contributed by atoms with Gasteiger partial charge >= 0.3 is 0 Å². The molecular formula is C26H27N3O3. The van der Waals surface area contributed by atoms with E-state index in [-0.39, 0.29) is 17.2 Å². The van der Waals surface area contributed by atoms with Gasteiger partial charge in [-0.3, -0.25) is 9.59 Å². The summed E-state index contributed by atoms with van der Waals surface area (Å²) >= 11 is 0. The Balaban J connectivity index is 1.59. The first-order chi connectivity index (χ1) is 15.5. The van der Waals surface area contributed by atoms with E-state index < -0.39 is 0 Å². The van der Waals surface area contributed by atoms with Gasteiger partial charge in [0.1, 0.15) is 5.75 Å². The van der Waals surface area contributed by atoms with Gasteiger partial charge < -0.3 is 13.9 Å². The minimum absolute atomic E-state index is 0.0550. The van der Waals surface area contributed by atoms with Crippen molar-refractivity contribution in [1.82, 2.24) is 14.1 Å². The van der Waals surface area contributed by atoms with E-state index in [0.29, 0.717) is 34.3 Å². The van der Waals surface area contributed by atoms with Crippen molar-refractivity contribution in [2.24, 2.45) is 5.92 Å². The molecule has 5 rings (SSSR count). The predicted molar refractivity (Wildman–Crippen MR) is 127 cm³/mol. The number of nitrogens with zero attached hydrogens (tertiary/aromatic N) is 3. The van der Waals surface area contributed by atoms with Gasteiger partial charge in [0.15, 0.2) is 0 Å². The average Bonchev–Trinajstić information content (AvgIpc) is 2.82. The molecule has 0 radical (unpaired) electrons. The molecule has 0 N–H and O–H groups in total. The van der Waals surface area contributed by atoms with Crippen LogP contribution < -0.4 is 15.9 Å². The standard InChI is InChI=1S/C26H27N3O3/c1-17-5-3-4-6-24(17)29-14-12-23-21(26(29)31)15-20-22(27-23)11-13-28(25(20)30)16-18-7-9-19(32-2)10-8-18/h7-15,17,24H,3-6,16H2,1-2H3/t17-,24+/m0/s1. The highest BCUT2D eigenvalue weighted by atomic mass is 16.5. The molecule has 3 heterocycles. The average molecular weight is 430 g/mol. The highest BCUT2D eigenvalue weighted by Crippen LogP contribution is 2.32. The number of ether oxygens (including phenoxy) is 1. The number of aromatic nitrogens is 3. The topological polar surface area (TPSA) is 66.1 Å². The summed E-state index contributed by atoms with van der Waals surface area (Å²) in [7, 11) is 1.63. The Morgan fingerprint density at radius 1 is 0.938 bits per heavy atom. The van der Waals surface area contributed by atoms with Crippen molar-refractivity contribution in [2.45, 2.75) is 45.2 Å². The van der Waals surface area contributed by atoms with Crippen molar-refractivity contribution >= 4 is 21.8 Å². The first-order valence-corrected chi connectivity index (χ1v) is 11.2. The summed E-state index contributed by atoms with van der Waals surface area (Å²) in [5.74, 6) is 1.24. The number of methoxy groups -OCH3 is 1. The Labute approximate surface area is 186 Å². The Hall–Kier alpha value is -3.41. The van der Waals surface area contributed by atoms with E-state index >= 15 is 0 Å². The molecule has 0 amide bonds. The molecule has 6 nitrogen and oxygen atoms in total. The Bertz CT molecular complexity index is 1400. The molecule has 0 aliphatic heterocycles. The maximum absolute atomic E-state index is 13.4. The van der Waals surface area contributed by atoms with Gasteiger partial charge in [0, 0.05) is 18.4 Å². The molecular weight excluding hydrogens is 402 g/mol. The minimum Gasteiger partial charge on any atom is -0.497 e. The summed E-state index contributed by atoms with van der Waals surface area (Å²) in [6.07, 6.45) is 8.16. The van der Waals surface area contributed by atoms with Gasteiger partial charge in [-0.2, -0.15) is 0 Å². The van der Waals surface area contributed by atoms with Crippen LogP contribution in [-0.4, -0.2) is 21.2 Å². The predicted octanol–water partition coefficient (Wildman–Crippen LogP) is 4.52. The Kier molecular flexibility index (Phi) is 5.29. The fraction of sp³-hybridized carbons (Fsp3) is 0.346. The van der Waals surface area contributed by atoms with Crippen LogP contribution in [0.3, 0.4) is 0 Å². The third kappa shape index (κ3) is 3.60. The second-order valence-electron chi connectivity index (χ2n) is 8.81. The van der Waals surface area contributed by atoms with E-state index in [1.165, 1.54) is 6.42 Å². The van der Waals surface area contributed by atoms with Crippen LogP contribution in [0.25, 0.3) is 21.8 Å². The van der Waals surface area contributed by atoms with Crippen molar-refractivity contribution in [3.05, 3.63) is 81.1 Å². The van der Waals surface area contributed by atoms with E-state index in [4.69, 9.17) is 4.74 Å². The summed E-state index contributed by atoms with van der Waals surface area (Å²) in [6.45, 7) is 2.66. The maximum Gasteiger partial charge on any atom is 0.260 e. The zero-order chi connectivity index (χ0) is 22.2. The second-order valence-corrected chi connectivity index (χ2v) is 8.81. The lowest BCUT2D eigenvalue weighted by Crippen LogP contribution is -2.30. The molecule has 4 aromatic rings. The van der Waals surface area contributed by atoms with Crippen LogP contribution in [0.15, 0.2) is 64.4 Å². The lowest BCUT2D eigenvalue weighted by Gasteiger charge is -2.30. The van der Waals surface area contributed by atoms with Crippen molar-refractivity contribution < 1.29 is 4.74 Å². The van der Waals surface area contributed by atoms with E-state index in [9.17, 15) is 9.59 Å². The number of benzene rings is 1. The van der Waals surface area contributed by atoms with Gasteiger partial charge in [0.25, 0.3) is 11.1 Å². The Morgan fingerprint density at radius 2 is 1.62 bits per heavy atom. The molecule has 1 fully saturated rings. The number of hydrogen-bond donors (Lipinski definition) is 0. The van der Waals surface area contributed by atoms with Crippen molar-refractivity contribution in [1.29, 1.82) is 0 Å². The summed E-state index contributed by atoms with van der Waals surface area (Å²) in [4.78, 5) is 31.2. The fourth-order valence-electron chi connectivity index (χ4n) is 4.90. The quantitative estimate of drug-likeness (QED) is 0.448. The van der Waals surface area contributed by atoms with E-state index in [1.54, 1.807) is 23.9 Å². The molecule has 164 valence electrons. The zero-order valence-corrected chi connectivity index (χ0v) is 18.5. The molecule has 1 aliphatic rings. The maximum atomic E-state index is 13.4. The number of rotatable bonds is 4. The molecule has 1 aliphatic carbocycles. The molecule has 6 heteroatoms. The van der Waals surface area contributed by atoms with Gasteiger partial charge in [-0.05, 0) is 54.7 Å². The van der Waals surface area contributed by atoms with Crippen LogP contribution in [0.1, 0.15) is 44.2 Å². The second kappa shape index (κ2) is 8.26. The summed E-state index contributed by atoms with van der Waals surface area (Å²) in [5, 5.41) is 0.983. The van der Waals surface area contributed by atoms with Crippen LogP contribution in [0.4, 0.5) is 0 Å². The van der Waals surface area contributed by atoms with Crippen LogP contribution in [-0.2, 0) is 6.54 Å². The molecule has 0 bridgehead atoms. The van der Waals surface area contributed by atoms with Gasteiger partial charge in [-0.1, -0.05) is 31.9 Å². The van der Waals surface area contributed by atoms with Crippen LogP contribution >= 0.6 is 0 Å². The van der Waals surface area contributed by atoms with Gasteiger partial charge in [0.2, 0.25) is 0 Å². The van der Waals surface area contributed by atoms with Crippen molar-refractivity contribution in [3.8, 4) is 5.75 Å².